The fourth-order valence-corrected chi connectivity index (χ4v) is 4.04. The molecule has 12 nitrogen and oxygen atoms in total. The molecule has 2 aromatic rings. The van der Waals surface area contributed by atoms with Crippen molar-refractivity contribution in [3.8, 4) is 17.1 Å². The van der Waals surface area contributed by atoms with Crippen molar-refractivity contribution < 1.29 is 37.7 Å². The molecule has 204 valence electrons. The van der Waals surface area contributed by atoms with Crippen LogP contribution in [0.5, 0.6) is 5.75 Å². The number of nitrogens with one attached hydrogen (secondary N) is 1. The number of amides is 1. The number of methoxy groups -OCH3 is 1. The van der Waals surface area contributed by atoms with Crippen molar-refractivity contribution in [2.45, 2.75) is 46.0 Å². The Bertz CT molecular complexity index is 1220. The van der Waals surface area contributed by atoms with E-state index in [0.717, 1.165) is 0 Å². The number of anilines is 1. The van der Waals surface area contributed by atoms with Crippen molar-refractivity contribution >= 4 is 23.7 Å². The van der Waals surface area contributed by atoms with E-state index >= 15 is 0 Å². The van der Waals surface area contributed by atoms with E-state index in [-0.39, 0.29) is 11.4 Å². The molecule has 2 aliphatic heterocycles. The molecule has 3 heterocycles. The number of cyclic esters (lactones) is 2. The minimum absolute atomic E-state index is 0.203. The molecule has 1 aromatic heterocycles. The first-order valence-corrected chi connectivity index (χ1v) is 12.1. The number of carbonyl (C=O) groups excluding carboxylic acids is 3. The van der Waals surface area contributed by atoms with Crippen LogP contribution in [-0.4, -0.2) is 77.5 Å². The third-order valence-electron chi connectivity index (χ3n) is 5.73. The van der Waals surface area contributed by atoms with E-state index in [0.29, 0.717) is 48.9 Å². The van der Waals surface area contributed by atoms with Gasteiger partial charge in [-0.2, -0.15) is 0 Å². The molecule has 2 saturated heterocycles. The van der Waals surface area contributed by atoms with Crippen molar-refractivity contribution in [3.05, 3.63) is 42.2 Å². The van der Waals surface area contributed by atoms with Gasteiger partial charge in [0.2, 0.25) is 0 Å². The van der Waals surface area contributed by atoms with E-state index in [1.807, 2.05) is 0 Å². The van der Waals surface area contributed by atoms with Gasteiger partial charge in [-0.3, -0.25) is 0 Å². The number of ether oxygens (including phenoxy) is 4. The predicted octanol–water partition coefficient (Wildman–Crippen LogP) is 3.36. The SMILES string of the molecule is COc1cc(NC(=C2C(=O)OC(C)(C)OC2=O)N2CCN(C(=O)OC(C)(C)C)CC2)ccc1-c1cnco1. The molecule has 2 fully saturated rings. The summed E-state index contributed by atoms with van der Waals surface area (Å²) >= 11 is 0. The molecule has 0 atom stereocenters. The number of aromatic nitrogens is 1. The highest BCUT2D eigenvalue weighted by Crippen LogP contribution is 2.34. The topological polar surface area (TPSA) is 133 Å². The molecular formula is C26H32N4O8. The van der Waals surface area contributed by atoms with Gasteiger partial charge in [0.15, 0.2) is 17.7 Å². The van der Waals surface area contributed by atoms with Crippen molar-refractivity contribution in [2.24, 2.45) is 0 Å². The maximum absolute atomic E-state index is 13.0. The summed E-state index contributed by atoms with van der Waals surface area (Å²) in [6.45, 7) is 9.66. The zero-order valence-corrected chi connectivity index (χ0v) is 22.3. The van der Waals surface area contributed by atoms with Crippen LogP contribution in [-0.2, 0) is 23.8 Å². The van der Waals surface area contributed by atoms with Crippen LogP contribution in [0.3, 0.4) is 0 Å². The summed E-state index contributed by atoms with van der Waals surface area (Å²) in [6, 6.07) is 5.23. The number of benzene rings is 1. The molecule has 0 bridgehead atoms. The molecule has 12 heteroatoms. The summed E-state index contributed by atoms with van der Waals surface area (Å²) in [4.78, 5) is 45.8. The van der Waals surface area contributed by atoms with Crippen molar-refractivity contribution in [2.75, 3.05) is 38.6 Å². The Morgan fingerprint density at radius 3 is 2.24 bits per heavy atom. The van der Waals surface area contributed by atoms with Crippen molar-refractivity contribution in [1.82, 2.24) is 14.8 Å². The lowest BCUT2D eigenvalue weighted by molar-refractivity contribution is -0.222. The van der Waals surface area contributed by atoms with Gasteiger partial charge in [0.25, 0.3) is 5.79 Å². The lowest BCUT2D eigenvalue weighted by atomic mass is 10.1. The van der Waals surface area contributed by atoms with E-state index in [9.17, 15) is 14.4 Å². The van der Waals surface area contributed by atoms with E-state index in [4.69, 9.17) is 23.4 Å². The zero-order chi connectivity index (χ0) is 27.7. The quantitative estimate of drug-likeness (QED) is 0.348. The number of rotatable bonds is 5. The molecule has 0 unspecified atom stereocenters. The highest BCUT2D eigenvalue weighted by molar-refractivity contribution is 6.16. The van der Waals surface area contributed by atoms with E-state index in [2.05, 4.69) is 10.3 Å². The number of hydrogen-bond donors (Lipinski definition) is 1. The number of piperazine rings is 1. The fourth-order valence-electron chi connectivity index (χ4n) is 4.04. The molecular weight excluding hydrogens is 496 g/mol. The largest absolute Gasteiger partial charge is 0.496 e. The second-order valence-corrected chi connectivity index (χ2v) is 10.3. The summed E-state index contributed by atoms with van der Waals surface area (Å²) in [6.07, 6.45) is 2.46. The maximum atomic E-state index is 13.0. The van der Waals surface area contributed by atoms with Crippen LogP contribution in [0, 0.1) is 0 Å². The lowest BCUT2D eigenvalue weighted by Gasteiger charge is -2.39. The minimum Gasteiger partial charge on any atom is -0.496 e. The summed E-state index contributed by atoms with van der Waals surface area (Å²) < 4.78 is 27.1. The van der Waals surface area contributed by atoms with Crippen LogP contribution in [0.15, 0.2) is 46.6 Å². The molecule has 0 saturated carbocycles. The van der Waals surface area contributed by atoms with Crippen LogP contribution >= 0.6 is 0 Å². The number of hydrogen-bond acceptors (Lipinski definition) is 11. The summed E-state index contributed by atoms with van der Waals surface area (Å²) in [5.41, 5.74) is 0.317. The number of carbonyl (C=O) groups is 3. The molecule has 2 aliphatic rings. The Morgan fingerprint density at radius 2 is 1.68 bits per heavy atom. The summed E-state index contributed by atoms with van der Waals surface area (Å²) in [7, 11) is 1.52. The Labute approximate surface area is 220 Å². The van der Waals surface area contributed by atoms with Crippen molar-refractivity contribution in [3.63, 3.8) is 0 Å². The van der Waals surface area contributed by atoms with Crippen LogP contribution in [0.2, 0.25) is 0 Å². The highest BCUT2D eigenvalue weighted by Gasteiger charge is 2.42. The standard InChI is InChI=1S/C26H32N4O8/c1-25(2,3)38-24(33)30-11-9-29(10-12-30)21(20-22(31)36-26(4,5)37-23(20)32)28-16-7-8-17(18(13-16)34-6)19-14-27-15-35-19/h7-8,13-15,28H,9-12H2,1-6H3. The second-order valence-electron chi connectivity index (χ2n) is 10.3. The van der Waals surface area contributed by atoms with Gasteiger partial charge < -0.3 is 38.5 Å². The Kier molecular flexibility index (Phi) is 7.25. The van der Waals surface area contributed by atoms with E-state index < -0.39 is 29.4 Å². The molecule has 0 spiro atoms. The van der Waals surface area contributed by atoms with Gasteiger partial charge in [-0.05, 0) is 32.9 Å². The molecule has 1 N–H and O–H groups in total. The number of oxazole rings is 1. The predicted molar refractivity (Wildman–Crippen MR) is 135 cm³/mol. The third-order valence-corrected chi connectivity index (χ3v) is 5.73. The maximum Gasteiger partial charge on any atom is 0.410 e. The number of nitrogens with zero attached hydrogens (tertiary/aromatic N) is 3. The minimum atomic E-state index is -1.39. The molecule has 0 radical (unpaired) electrons. The monoisotopic (exact) mass is 528 g/mol. The average Bonchev–Trinajstić information content (AvgIpc) is 3.36. The van der Waals surface area contributed by atoms with Gasteiger partial charge in [0.05, 0.1) is 18.9 Å². The normalized spacial score (nSPS) is 17.5. The second kappa shape index (κ2) is 10.3. The lowest BCUT2D eigenvalue weighted by Crippen LogP contribution is -2.52. The molecule has 1 amide bonds. The molecule has 38 heavy (non-hydrogen) atoms. The van der Waals surface area contributed by atoms with Gasteiger partial charge in [-0.15, -0.1) is 0 Å². The molecule has 4 rings (SSSR count). The summed E-state index contributed by atoms with van der Waals surface area (Å²) in [5, 5.41) is 3.18. The van der Waals surface area contributed by atoms with Gasteiger partial charge in [-0.1, -0.05) is 0 Å². The first kappa shape index (κ1) is 26.8. The van der Waals surface area contributed by atoms with Crippen LogP contribution in [0.4, 0.5) is 10.5 Å². The fraction of sp³-hybridized carbons (Fsp3) is 0.462. The molecule has 0 aliphatic carbocycles. The van der Waals surface area contributed by atoms with Crippen LogP contribution in [0.25, 0.3) is 11.3 Å². The first-order chi connectivity index (χ1) is 17.9. The van der Waals surface area contributed by atoms with E-state index in [1.165, 1.54) is 27.4 Å². The summed E-state index contributed by atoms with van der Waals surface area (Å²) in [5.74, 6) is -1.80. The number of esters is 2. The Balaban J connectivity index is 1.64. The highest BCUT2D eigenvalue weighted by atomic mass is 16.7. The zero-order valence-electron chi connectivity index (χ0n) is 22.3. The van der Waals surface area contributed by atoms with Crippen molar-refractivity contribution in [1.29, 1.82) is 0 Å². The molecule has 1 aromatic carbocycles. The smallest absolute Gasteiger partial charge is 0.410 e. The van der Waals surface area contributed by atoms with E-state index in [1.54, 1.807) is 55.0 Å². The van der Waals surface area contributed by atoms with Crippen LogP contribution in [0.1, 0.15) is 34.6 Å². The average molecular weight is 529 g/mol. The Morgan fingerprint density at radius 1 is 1.05 bits per heavy atom. The van der Waals surface area contributed by atoms with Gasteiger partial charge in [-0.25, -0.2) is 19.4 Å². The van der Waals surface area contributed by atoms with Crippen LogP contribution < -0.4 is 10.1 Å². The van der Waals surface area contributed by atoms with Gasteiger partial charge in [0, 0.05) is 51.8 Å². The van der Waals surface area contributed by atoms with Gasteiger partial charge in [0.1, 0.15) is 17.2 Å². The third kappa shape index (κ3) is 6.01. The first-order valence-electron chi connectivity index (χ1n) is 12.1. The van der Waals surface area contributed by atoms with Gasteiger partial charge >= 0.3 is 18.0 Å². The Hall–Kier alpha value is -4.22.